The molecule has 1 fully saturated rings. The van der Waals surface area contributed by atoms with E-state index < -0.39 is 43.6 Å². The lowest BCUT2D eigenvalue weighted by molar-refractivity contribution is -0.153. The Kier molecular flexibility index (Phi) is 12.6. The molecular formula is C26H40O7. The van der Waals surface area contributed by atoms with Gasteiger partial charge in [-0.2, -0.15) is 0 Å². The molecule has 7 nitrogen and oxygen atoms in total. The van der Waals surface area contributed by atoms with Crippen LogP contribution >= 0.6 is 0 Å². The molecule has 186 valence electrons. The first-order valence-electron chi connectivity index (χ1n) is 12.1. The van der Waals surface area contributed by atoms with Gasteiger partial charge >= 0.3 is 5.97 Å². The number of unbranched alkanes of at least 4 members (excludes halogenated alkanes) is 1. The van der Waals surface area contributed by atoms with Gasteiger partial charge < -0.3 is 30.3 Å². The number of hydrogen-bond acceptors (Lipinski definition) is 7. The molecule has 0 bridgehead atoms. The van der Waals surface area contributed by atoms with E-state index in [1.54, 1.807) is 0 Å². The zero-order valence-electron chi connectivity index (χ0n) is 19.3. The number of hydrogen-bond donors (Lipinski definition) is 5. The summed E-state index contributed by atoms with van der Waals surface area (Å²) in [4.78, 5) is 11.6. The van der Waals surface area contributed by atoms with Gasteiger partial charge in [-0.05, 0) is 68.8 Å². The van der Waals surface area contributed by atoms with Gasteiger partial charge in [0.05, 0.1) is 31.5 Å². The average molecular weight is 465 g/mol. The van der Waals surface area contributed by atoms with Gasteiger partial charge in [0.25, 0.3) is 0 Å². The van der Waals surface area contributed by atoms with E-state index in [1.165, 1.54) is 5.56 Å². The molecule has 7 heteroatoms. The number of esters is 1. The minimum atomic E-state index is -0.864. The van der Waals surface area contributed by atoms with E-state index in [0.29, 0.717) is 44.9 Å². The van der Waals surface area contributed by atoms with Gasteiger partial charge in [0, 0.05) is 6.42 Å². The van der Waals surface area contributed by atoms with E-state index in [2.05, 4.69) is 12.1 Å². The predicted octanol–water partition coefficient (Wildman–Crippen LogP) is 2.13. The largest absolute Gasteiger partial charge is 0.457 e. The maximum absolute atomic E-state index is 11.6. The SMILES string of the molecule is O=C(CCCC=CC[C@@H]1[C@@H](CC[C@@H](O)CCc2ccccc2)[C@H](O)C[C@@H]1O)OC(CO)CO. The van der Waals surface area contributed by atoms with Crippen LogP contribution < -0.4 is 0 Å². The van der Waals surface area contributed by atoms with Crippen molar-refractivity contribution in [2.45, 2.75) is 82.2 Å². The van der Waals surface area contributed by atoms with Crippen molar-refractivity contribution in [2.24, 2.45) is 11.8 Å². The number of aliphatic hydroxyl groups is 5. The lowest BCUT2D eigenvalue weighted by Crippen LogP contribution is -2.25. The lowest BCUT2D eigenvalue weighted by Gasteiger charge is -2.23. The smallest absolute Gasteiger partial charge is 0.306 e. The Morgan fingerprint density at radius 3 is 2.42 bits per heavy atom. The number of aryl methyl sites for hydroxylation is 1. The third-order valence-corrected chi connectivity index (χ3v) is 6.50. The normalized spacial score (nSPS) is 23.9. The summed E-state index contributed by atoms with van der Waals surface area (Å²) in [6.07, 6.45) is 6.80. The third-order valence-electron chi connectivity index (χ3n) is 6.50. The molecule has 0 radical (unpaired) electrons. The fraction of sp³-hybridized carbons (Fsp3) is 0.654. The van der Waals surface area contributed by atoms with Crippen molar-refractivity contribution in [3.8, 4) is 0 Å². The molecule has 5 N–H and O–H groups in total. The Bertz CT molecular complexity index is 689. The second-order valence-corrected chi connectivity index (χ2v) is 9.03. The summed E-state index contributed by atoms with van der Waals surface area (Å²) in [6, 6.07) is 10.1. The first-order chi connectivity index (χ1) is 15.9. The predicted molar refractivity (Wildman–Crippen MR) is 125 cm³/mol. The minimum absolute atomic E-state index is 0.0418. The van der Waals surface area contributed by atoms with E-state index >= 15 is 0 Å². The monoisotopic (exact) mass is 464 g/mol. The fourth-order valence-electron chi connectivity index (χ4n) is 4.53. The highest BCUT2D eigenvalue weighted by Crippen LogP contribution is 2.38. The molecule has 0 saturated heterocycles. The summed E-state index contributed by atoms with van der Waals surface area (Å²) < 4.78 is 4.92. The third kappa shape index (κ3) is 9.94. The number of carbonyl (C=O) groups is 1. The Labute approximate surface area is 196 Å². The minimum Gasteiger partial charge on any atom is -0.457 e. The summed E-state index contributed by atoms with van der Waals surface area (Å²) in [5.41, 5.74) is 1.20. The average Bonchev–Trinajstić information content (AvgIpc) is 3.09. The van der Waals surface area contributed by atoms with Crippen molar-refractivity contribution in [1.82, 2.24) is 0 Å². The van der Waals surface area contributed by atoms with Crippen LogP contribution in [0.5, 0.6) is 0 Å². The van der Waals surface area contributed by atoms with E-state index in [-0.39, 0.29) is 18.3 Å². The van der Waals surface area contributed by atoms with Crippen LogP contribution in [-0.4, -0.2) is 69.1 Å². The molecular weight excluding hydrogens is 424 g/mol. The number of rotatable bonds is 15. The Balaban J connectivity index is 1.69. The van der Waals surface area contributed by atoms with Crippen molar-refractivity contribution >= 4 is 5.97 Å². The molecule has 1 aromatic rings. The van der Waals surface area contributed by atoms with Crippen molar-refractivity contribution in [3.05, 3.63) is 48.0 Å². The van der Waals surface area contributed by atoms with Crippen LogP contribution in [-0.2, 0) is 16.0 Å². The van der Waals surface area contributed by atoms with Crippen LogP contribution in [0.4, 0.5) is 0 Å². The van der Waals surface area contributed by atoms with E-state index in [4.69, 9.17) is 14.9 Å². The molecule has 1 aliphatic rings. The van der Waals surface area contributed by atoms with Crippen molar-refractivity contribution in [3.63, 3.8) is 0 Å². The van der Waals surface area contributed by atoms with Crippen LogP contribution in [0, 0.1) is 11.8 Å². The number of allylic oxidation sites excluding steroid dienone is 2. The summed E-state index contributed by atoms with van der Waals surface area (Å²) >= 11 is 0. The van der Waals surface area contributed by atoms with Crippen LogP contribution in [0.3, 0.4) is 0 Å². The second-order valence-electron chi connectivity index (χ2n) is 9.03. The Morgan fingerprint density at radius 1 is 1.03 bits per heavy atom. The molecule has 0 unspecified atom stereocenters. The maximum atomic E-state index is 11.6. The van der Waals surface area contributed by atoms with Gasteiger partial charge in [-0.1, -0.05) is 42.5 Å². The van der Waals surface area contributed by atoms with Crippen LogP contribution in [0.25, 0.3) is 0 Å². The summed E-state index contributed by atoms with van der Waals surface area (Å²) in [5.74, 6) is -0.533. The topological polar surface area (TPSA) is 127 Å². The van der Waals surface area contributed by atoms with E-state index in [0.717, 1.165) is 6.42 Å². The fourth-order valence-corrected chi connectivity index (χ4v) is 4.53. The highest BCUT2D eigenvalue weighted by atomic mass is 16.6. The molecule has 1 aliphatic carbocycles. The van der Waals surface area contributed by atoms with Crippen LogP contribution in [0.15, 0.2) is 42.5 Å². The number of aliphatic hydroxyl groups excluding tert-OH is 5. The Hall–Kier alpha value is -1.77. The highest BCUT2D eigenvalue weighted by Gasteiger charge is 2.40. The summed E-state index contributed by atoms with van der Waals surface area (Å²) in [6.45, 7) is -0.800. The Morgan fingerprint density at radius 2 is 1.73 bits per heavy atom. The molecule has 1 saturated carbocycles. The van der Waals surface area contributed by atoms with E-state index in [1.807, 2.05) is 30.4 Å². The highest BCUT2D eigenvalue weighted by molar-refractivity contribution is 5.69. The number of ether oxygens (including phenoxy) is 1. The number of benzene rings is 1. The first-order valence-corrected chi connectivity index (χ1v) is 12.1. The van der Waals surface area contributed by atoms with Crippen molar-refractivity contribution in [2.75, 3.05) is 13.2 Å². The van der Waals surface area contributed by atoms with Gasteiger partial charge in [-0.3, -0.25) is 4.79 Å². The summed E-state index contributed by atoms with van der Waals surface area (Å²) in [5, 5.41) is 49.0. The molecule has 33 heavy (non-hydrogen) atoms. The molecule has 0 spiro atoms. The molecule has 0 amide bonds. The number of carbonyl (C=O) groups excluding carboxylic acids is 1. The summed E-state index contributed by atoms with van der Waals surface area (Å²) in [7, 11) is 0. The second kappa shape index (κ2) is 15.2. The molecule has 0 aliphatic heterocycles. The van der Waals surface area contributed by atoms with Crippen LogP contribution in [0.1, 0.15) is 56.9 Å². The van der Waals surface area contributed by atoms with Gasteiger partial charge in [-0.25, -0.2) is 0 Å². The molecule has 5 atom stereocenters. The van der Waals surface area contributed by atoms with Gasteiger partial charge in [0.1, 0.15) is 6.10 Å². The van der Waals surface area contributed by atoms with Crippen LogP contribution in [0.2, 0.25) is 0 Å². The quantitative estimate of drug-likeness (QED) is 0.153. The maximum Gasteiger partial charge on any atom is 0.306 e. The first kappa shape index (κ1) is 27.5. The van der Waals surface area contributed by atoms with Crippen molar-refractivity contribution < 1.29 is 35.1 Å². The standard InChI is InChI=1S/C26H40O7/c27-17-21(18-28)33-26(32)11-7-2-1-6-10-22-23(25(31)16-24(22)30)15-14-20(29)13-12-19-8-4-3-5-9-19/h1,3-6,8-9,20-25,27-31H,2,7,10-18H2/t20-,22+,23+,24-,25+/m0/s1. The molecule has 0 heterocycles. The zero-order valence-corrected chi connectivity index (χ0v) is 19.3. The van der Waals surface area contributed by atoms with Gasteiger partial charge in [0.2, 0.25) is 0 Å². The van der Waals surface area contributed by atoms with Gasteiger partial charge in [0.15, 0.2) is 0 Å². The van der Waals surface area contributed by atoms with Gasteiger partial charge in [-0.15, -0.1) is 0 Å². The zero-order chi connectivity index (χ0) is 24.1. The lowest BCUT2D eigenvalue weighted by atomic mass is 9.85. The van der Waals surface area contributed by atoms with E-state index in [9.17, 15) is 20.1 Å². The molecule has 1 aromatic carbocycles. The van der Waals surface area contributed by atoms with Crippen molar-refractivity contribution in [1.29, 1.82) is 0 Å². The molecule has 0 aromatic heterocycles. The molecule has 2 rings (SSSR count).